The van der Waals surface area contributed by atoms with Crippen molar-refractivity contribution in [3.63, 3.8) is 0 Å². The van der Waals surface area contributed by atoms with Crippen LogP contribution in [0.2, 0.25) is 0 Å². The predicted molar refractivity (Wildman–Crippen MR) is 110 cm³/mol. The summed E-state index contributed by atoms with van der Waals surface area (Å²) in [5.74, 6) is -1.16. The van der Waals surface area contributed by atoms with Gasteiger partial charge in [0.25, 0.3) is 0 Å². The van der Waals surface area contributed by atoms with E-state index in [9.17, 15) is 18.4 Å². The number of hydrogen-bond donors (Lipinski definition) is 2. The summed E-state index contributed by atoms with van der Waals surface area (Å²) in [6.45, 7) is 2.06. The highest BCUT2D eigenvalue weighted by Crippen LogP contribution is 2.35. The maximum Gasteiger partial charge on any atom is 0.239 e. The molecule has 0 radical (unpaired) electrons. The van der Waals surface area contributed by atoms with Gasteiger partial charge in [0.1, 0.15) is 11.6 Å². The van der Waals surface area contributed by atoms with Gasteiger partial charge in [-0.2, -0.15) is 0 Å². The number of carbonyl (C=O) groups excluding carboxylic acids is 2. The molecule has 1 saturated carbocycles. The number of carbonyl (C=O) groups is 2. The van der Waals surface area contributed by atoms with Crippen LogP contribution in [0.3, 0.4) is 0 Å². The molecule has 3 aliphatic rings. The summed E-state index contributed by atoms with van der Waals surface area (Å²) in [6, 6.07) is 3.83. The van der Waals surface area contributed by atoms with E-state index in [-0.39, 0.29) is 35.8 Å². The minimum absolute atomic E-state index is 0.0419. The van der Waals surface area contributed by atoms with E-state index in [2.05, 4.69) is 10.6 Å². The zero-order valence-corrected chi connectivity index (χ0v) is 17.4. The first-order chi connectivity index (χ1) is 14.5. The predicted octanol–water partition coefficient (Wildman–Crippen LogP) is 2.93. The lowest BCUT2D eigenvalue weighted by molar-refractivity contribution is -0.137. The molecule has 5 nitrogen and oxygen atoms in total. The summed E-state index contributed by atoms with van der Waals surface area (Å²) in [6.07, 6.45) is 6.71. The quantitative estimate of drug-likeness (QED) is 0.772. The molecule has 2 N–H and O–H groups in total. The Labute approximate surface area is 176 Å². The van der Waals surface area contributed by atoms with Crippen LogP contribution >= 0.6 is 0 Å². The molecule has 0 spiro atoms. The fraction of sp³-hybridized carbons (Fsp3) is 0.652. The zero-order chi connectivity index (χ0) is 21.1. The first-order valence-electron chi connectivity index (χ1n) is 11.2. The Kier molecular flexibility index (Phi) is 6.37. The Balaban J connectivity index is 1.36. The van der Waals surface area contributed by atoms with Crippen LogP contribution in [0, 0.1) is 17.6 Å². The molecule has 4 rings (SSSR count). The van der Waals surface area contributed by atoms with Crippen LogP contribution in [0.15, 0.2) is 18.2 Å². The minimum atomic E-state index is -0.583. The molecule has 164 valence electrons. The van der Waals surface area contributed by atoms with Gasteiger partial charge in [0, 0.05) is 36.5 Å². The average molecular weight is 420 g/mol. The van der Waals surface area contributed by atoms with E-state index in [0.717, 1.165) is 45.1 Å². The number of hydrogen-bond acceptors (Lipinski definition) is 3. The van der Waals surface area contributed by atoms with Crippen LogP contribution in [0.4, 0.5) is 8.78 Å². The van der Waals surface area contributed by atoms with Crippen LogP contribution in [0.25, 0.3) is 0 Å². The fourth-order valence-electron chi connectivity index (χ4n) is 5.28. The number of piperidine rings is 1. The fourth-order valence-corrected chi connectivity index (χ4v) is 5.28. The topological polar surface area (TPSA) is 61.4 Å². The Bertz CT molecular complexity index is 760. The molecule has 0 aromatic heterocycles. The second-order valence-electron chi connectivity index (χ2n) is 9.10. The van der Waals surface area contributed by atoms with Crippen molar-refractivity contribution in [3.8, 4) is 0 Å². The van der Waals surface area contributed by atoms with Crippen molar-refractivity contribution >= 4 is 11.8 Å². The Morgan fingerprint density at radius 3 is 2.33 bits per heavy atom. The number of nitrogens with zero attached hydrogens (tertiary/aromatic N) is 1. The third kappa shape index (κ3) is 4.51. The highest BCUT2D eigenvalue weighted by atomic mass is 19.1. The first-order valence-corrected chi connectivity index (χ1v) is 11.2. The zero-order valence-electron chi connectivity index (χ0n) is 17.4. The van der Waals surface area contributed by atoms with Crippen LogP contribution < -0.4 is 10.6 Å². The summed E-state index contributed by atoms with van der Waals surface area (Å²) in [4.78, 5) is 27.5. The number of nitrogens with one attached hydrogen (secondary N) is 2. The molecule has 3 fully saturated rings. The first kappa shape index (κ1) is 21.2. The number of benzene rings is 1. The molecule has 1 aromatic rings. The maximum atomic E-state index is 14.2. The van der Waals surface area contributed by atoms with Gasteiger partial charge in [0.05, 0.1) is 6.04 Å². The molecule has 2 saturated heterocycles. The summed E-state index contributed by atoms with van der Waals surface area (Å²) in [5.41, 5.74) is -0.523. The summed E-state index contributed by atoms with van der Waals surface area (Å²) >= 11 is 0. The molecule has 1 aromatic carbocycles. The standard InChI is InChI=1S/C23H31F2N3O2/c24-18-5-3-6-19(25)17(18)15-23(10-1-2-11-23)27-21(29)16-8-13-28(14-9-16)22(30)20-7-4-12-26-20/h3,5-6,16,20,26H,1-2,4,7-15H2,(H,27,29)/t20-/m0/s1. The van der Waals surface area contributed by atoms with Crippen molar-refractivity contribution in [1.82, 2.24) is 15.5 Å². The van der Waals surface area contributed by atoms with Gasteiger partial charge in [-0.05, 0) is 57.2 Å². The van der Waals surface area contributed by atoms with Crippen molar-refractivity contribution in [2.75, 3.05) is 19.6 Å². The van der Waals surface area contributed by atoms with E-state index in [0.29, 0.717) is 25.9 Å². The smallest absolute Gasteiger partial charge is 0.239 e. The molecular weight excluding hydrogens is 388 g/mol. The monoisotopic (exact) mass is 419 g/mol. The number of rotatable bonds is 5. The molecule has 1 aliphatic carbocycles. The molecule has 0 unspecified atom stereocenters. The van der Waals surface area contributed by atoms with E-state index in [1.807, 2.05) is 4.90 Å². The Morgan fingerprint density at radius 1 is 1.07 bits per heavy atom. The minimum Gasteiger partial charge on any atom is -0.350 e. The van der Waals surface area contributed by atoms with E-state index >= 15 is 0 Å². The van der Waals surface area contributed by atoms with E-state index in [1.165, 1.54) is 18.2 Å². The lowest BCUT2D eigenvalue weighted by atomic mass is 9.86. The largest absolute Gasteiger partial charge is 0.350 e. The summed E-state index contributed by atoms with van der Waals surface area (Å²) in [7, 11) is 0. The van der Waals surface area contributed by atoms with Crippen LogP contribution in [-0.2, 0) is 16.0 Å². The Morgan fingerprint density at radius 2 is 1.73 bits per heavy atom. The highest BCUT2D eigenvalue weighted by molar-refractivity contribution is 5.83. The second kappa shape index (κ2) is 9.00. The van der Waals surface area contributed by atoms with Crippen molar-refractivity contribution < 1.29 is 18.4 Å². The van der Waals surface area contributed by atoms with Gasteiger partial charge in [-0.25, -0.2) is 8.78 Å². The van der Waals surface area contributed by atoms with Crippen LogP contribution in [0.1, 0.15) is 56.9 Å². The molecule has 30 heavy (non-hydrogen) atoms. The molecule has 7 heteroatoms. The van der Waals surface area contributed by atoms with Crippen molar-refractivity contribution in [1.29, 1.82) is 0 Å². The normalized spacial score (nSPS) is 24.2. The van der Waals surface area contributed by atoms with E-state index in [4.69, 9.17) is 0 Å². The molecule has 1 atom stereocenters. The molecule has 2 amide bonds. The van der Waals surface area contributed by atoms with Gasteiger partial charge in [-0.3, -0.25) is 9.59 Å². The van der Waals surface area contributed by atoms with E-state index in [1.54, 1.807) is 0 Å². The number of likely N-dealkylation sites (tertiary alicyclic amines) is 1. The van der Waals surface area contributed by atoms with Crippen LogP contribution in [-0.4, -0.2) is 47.9 Å². The van der Waals surface area contributed by atoms with Gasteiger partial charge in [0.15, 0.2) is 0 Å². The molecular formula is C23H31F2N3O2. The van der Waals surface area contributed by atoms with Gasteiger partial charge >= 0.3 is 0 Å². The molecule has 0 bridgehead atoms. The third-order valence-corrected chi connectivity index (χ3v) is 7.06. The maximum absolute atomic E-state index is 14.2. The van der Waals surface area contributed by atoms with Crippen molar-refractivity contribution in [3.05, 3.63) is 35.4 Å². The lowest BCUT2D eigenvalue weighted by Crippen LogP contribution is -2.53. The number of halogens is 2. The summed E-state index contributed by atoms with van der Waals surface area (Å²) in [5, 5.41) is 6.42. The van der Waals surface area contributed by atoms with Gasteiger partial charge in [-0.1, -0.05) is 18.9 Å². The van der Waals surface area contributed by atoms with Gasteiger partial charge in [0.2, 0.25) is 11.8 Å². The molecule has 2 heterocycles. The highest BCUT2D eigenvalue weighted by Gasteiger charge is 2.39. The average Bonchev–Trinajstić information content (AvgIpc) is 3.43. The molecule has 2 aliphatic heterocycles. The van der Waals surface area contributed by atoms with Gasteiger partial charge in [-0.15, -0.1) is 0 Å². The van der Waals surface area contributed by atoms with Gasteiger partial charge < -0.3 is 15.5 Å². The SMILES string of the molecule is O=C(NC1(Cc2c(F)cccc2F)CCCC1)C1CCN(C(=O)[C@@H]2CCCN2)CC1. The second-order valence-corrected chi connectivity index (χ2v) is 9.10. The number of amides is 2. The lowest BCUT2D eigenvalue weighted by Gasteiger charge is -2.36. The Hall–Kier alpha value is -2.02. The van der Waals surface area contributed by atoms with E-state index < -0.39 is 17.2 Å². The van der Waals surface area contributed by atoms with Crippen molar-refractivity contribution in [2.24, 2.45) is 5.92 Å². The van der Waals surface area contributed by atoms with Crippen LogP contribution in [0.5, 0.6) is 0 Å². The van der Waals surface area contributed by atoms with Crippen molar-refractivity contribution in [2.45, 2.75) is 69.4 Å². The summed E-state index contributed by atoms with van der Waals surface area (Å²) < 4.78 is 28.4. The third-order valence-electron chi connectivity index (χ3n) is 7.06.